The Morgan fingerprint density at radius 1 is 1.30 bits per heavy atom. The number of hydrogen-bond acceptors (Lipinski definition) is 6. The van der Waals surface area contributed by atoms with Crippen LogP contribution in [-0.2, 0) is 4.74 Å². The molecule has 1 aromatic carbocycles. The summed E-state index contributed by atoms with van der Waals surface area (Å²) in [6.07, 6.45) is 1.34. The Morgan fingerprint density at radius 2 is 1.96 bits per heavy atom. The molecule has 1 unspecified atom stereocenters. The number of anilines is 1. The van der Waals surface area contributed by atoms with Gasteiger partial charge in [0.1, 0.15) is 0 Å². The van der Waals surface area contributed by atoms with E-state index in [1.165, 1.54) is 13.3 Å². The molecule has 0 saturated heterocycles. The molecule has 0 fully saturated rings. The maximum atomic E-state index is 11.6. The van der Waals surface area contributed by atoms with Gasteiger partial charge in [-0.15, -0.1) is 0 Å². The number of hydrogen-bond donors (Lipinski definition) is 2. The van der Waals surface area contributed by atoms with Crippen molar-refractivity contribution in [3.05, 3.63) is 68.0 Å². The van der Waals surface area contributed by atoms with Crippen LogP contribution in [0.2, 0.25) is 0 Å². The van der Waals surface area contributed by atoms with Gasteiger partial charge >= 0.3 is 11.7 Å². The quantitative estimate of drug-likeness (QED) is 0.496. The van der Waals surface area contributed by atoms with E-state index in [2.05, 4.69) is 15.0 Å². The van der Waals surface area contributed by atoms with Crippen LogP contribution in [0.3, 0.4) is 0 Å². The maximum Gasteiger partial charge on any atom is 0.356 e. The number of rotatable bonds is 5. The van der Waals surface area contributed by atoms with Gasteiger partial charge in [-0.3, -0.25) is 14.9 Å². The van der Waals surface area contributed by atoms with E-state index in [4.69, 9.17) is 0 Å². The molecule has 1 heterocycles. The lowest BCUT2D eigenvalue weighted by atomic mass is 10.1. The predicted octanol–water partition coefficient (Wildman–Crippen LogP) is 2.24. The highest BCUT2D eigenvalue weighted by atomic mass is 16.6. The predicted molar refractivity (Wildman–Crippen MR) is 83.5 cm³/mol. The Labute approximate surface area is 131 Å². The second-order valence-electron chi connectivity index (χ2n) is 4.80. The number of methoxy groups -OCH3 is 1. The van der Waals surface area contributed by atoms with Crippen LogP contribution in [0.15, 0.2) is 41.3 Å². The van der Waals surface area contributed by atoms with Gasteiger partial charge in [-0.2, -0.15) is 0 Å². The Bertz CT molecular complexity index is 782. The number of esters is 1. The summed E-state index contributed by atoms with van der Waals surface area (Å²) in [7, 11) is 1.30. The first kappa shape index (κ1) is 16.2. The zero-order chi connectivity index (χ0) is 17.0. The summed E-state index contributed by atoms with van der Waals surface area (Å²) in [4.78, 5) is 35.9. The molecule has 8 nitrogen and oxygen atoms in total. The van der Waals surface area contributed by atoms with Crippen LogP contribution in [0.1, 0.15) is 28.9 Å². The normalized spacial score (nSPS) is 11.6. The highest BCUT2D eigenvalue weighted by Crippen LogP contribution is 2.23. The van der Waals surface area contributed by atoms with E-state index in [1.54, 1.807) is 31.2 Å². The van der Waals surface area contributed by atoms with Gasteiger partial charge in [0.05, 0.1) is 23.6 Å². The first-order valence-corrected chi connectivity index (χ1v) is 6.75. The van der Waals surface area contributed by atoms with Crippen LogP contribution in [0, 0.1) is 10.1 Å². The SMILES string of the molecule is COC(=O)c1ccc(C(C)Nc2[nH]ccc(=O)c2[N+](=O)[O-])cc1. The molecule has 0 spiro atoms. The fourth-order valence-electron chi connectivity index (χ4n) is 2.09. The smallest absolute Gasteiger partial charge is 0.356 e. The Morgan fingerprint density at radius 3 is 2.52 bits per heavy atom. The van der Waals surface area contributed by atoms with E-state index in [-0.39, 0.29) is 11.9 Å². The minimum absolute atomic E-state index is 0.0343. The van der Waals surface area contributed by atoms with Crippen molar-refractivity contribution >= 4 is 17.5 Å². The average Bonchev–Trinajstić information content (AvgIpc) is 2.54. The molecule has 1 aromatic heterocycles. The van der Waals surface area contributed by atoms with Gasteiger partial charge in [-0.1, -0.05) is 12.1 Å². The first-order valence-electron chi connectivity index (χ1n) is 6.75. The lowest BCUT2D eigenvalue weighted by Crippen LogP contribution is -2.15. The zero-order valence-corrected chi connectivity index (χ0v) is 12.5. The molecule has 1 atom stereocenters. The molecule has 0 aliphatic heterocycles. The van der Waals surface area contributed by atoms with Crippen LogP contribution in [0.5, 0.6) is 0 Å². The van der Waals surface area contributed by atoms with Crippen LogP contribution in [-0.4, -0.2) is 23.0 Å². The fraction of sp³-hybridized carbons (Fsp3) is 0.200. The molecule has 2 rings (SSSR count). The van der Waals surface area contributed by atoms with E-state index >= 15 is 0 Å². The number of H-pyrrole nitrogens is 1. The van der Waals surface area contributed by atoms with Crippen LogP contribution >= 0.6 is 0 Å². The molecule has 120 valence electrons. The summed E-state index contributed by atoms with van der Waals surface area (Å²) >= 11 is 0. The lowest BCUT2D eigenvalue weighted by molar-refractivity contribution is -0.385. The average molecular weight is 317 g/mol. The van der Waals surface area contributed by atoms with Gasteiger partial charge in [0.2, 0.25) is 0 Å². The monoisotopic (exact) mass is 317 g/mol. The number of carbonyl (C=O) groups is 1. The number of aromatic nitrogens is 1. The summed E-state index contributed by atoms with van der Waals surface area (Å²) in [5, 5.41) is 13.9. The highest BCUT2D eigenvalue weighted by Gasteiger charge is 2.20. The minimum Gasteiger partial charge on any atom is -0.465 e. The molecule has 0 radical (unpaired) electrons. The third-order valence-electron chi connectivity index (χ3n) is 3.31. The number of nitro groups is 1. The Kier molecular flexibility index (Phi) is 4.75. The fourth-order valence-corrected chi connectivity index (χ4v) is 2.09. The van der Waals surface area contributed by atoms with Crippen molar-refractivity contribution in [2.45, 2.75) is 13.0 Å². The van der Waals surface area contributed by atoms with E-state index in [9.17, 15) is 19.7 Å². The second-order valence-corrected chi connectivity index (χ2v) is 4.80. The molecule has 0 bridgehead atoms. The summed E-state index contributed by atoms with van der Waals surface area (Å²) in [6.45, 7) is 1.78. The van der Waals surface area contributed by atoms with Crippen molar-refractivity contribution in [3.63, 3.8) is 0 Å². The number of carbonyl (C=O) groups excluding carboxylic acids is 1. The maximum absolute atomic E-state index is 11.6. The second kappa shape index (κ2) is 6.73. The van der Waals surface area contributed by atoms with Gasteiger partial charge in [-0.05, 0) is 24.6 Å². The Hall–Kier alpha value is -3.16. The number of ether oxygens (including phenoxy) is 1. The van der Waals surface area contributed by atoms with Gasteiger partial charge in [0.15, 0.2) is 5.82 Å². The van der Waals surface area contributed by atoms with E-state index in [0.717, 1.165) is 11.6 Å². The van der Waals surface area contributed by atoms with Crippen LogP contribution in [0.4, 0.5) is 11.5 Å². The van der Waals surface area contributed by atoms with Gasteiger partial charge < -0.3 is 15.0 Å². The van der Waals surface area contributed by atoms with Crippen molar-refractivity contribution in [1.82, 2.24) is 4.98 Å². The summed E-state index contributed by atoms with van der Waals surface area (Å²) in [6, 6.07) is 7.38. The van der Waals surface area contributed by atoms with Crippen molar-refractivity contribution in [1.29, 1.82) is 0 Å². The van der Waals surface area contributed by atoms with E-state index in [1.807, 2.05) is 0 Å². The summed E-state index contributed by atoms with van der Waals surface area (Å²) in [5.74, 6) is -0.410. The number of pyridine rings is 1. The summed E-state index contributed by atoms with van der Waals surface area (Å²) < 4.78 is 4.62. The van der Waals surface area contributed by atoms with Gasteiger partial charge in [0, 0.05) is 12.3 Å². The van der Waals surface area contributed by atoms with E-state index in [0.29, 0.717) is 5.56 Å². The molecule has 0 aliphatic carbocycles. The molecule has 2 aromatic rings. The largest absolute Gasteiger partial charge is 0.465 e. The van der Waals surface area contributed by atoms with Crippen LogP contribution < -0.4 is 10.7 Å². The molecule has 0 amide bonds. The topological polar surface area (TPSA) is 114 Å². The third kappa shape index (κ3) is 3.54. The molecule has 0 saturated carbocycles. The minimum atomic E-state index is -0.728. The molecule has 2 N–H and O–H groups in total. The molecule has 23 heavy (non-hydrogen) atoms. The number of aromatic amines is 1. The summed E-state index contributed by atoms with van der Waals surface area (Å²) in [5.41, 5.74) is -0.0192. The van der Waals surface area contributed by atoms with Gasteiger partial charge in [0.25, 0.3) is 5.43 Å². The standard InChI is InChI=1S/C15H15N3O5/c1-9(10-3-5-11(6-4-10)15(20)23-2)17-14-13(18(21)22)12(19)7-8-16-14/h3-9H,1-2H3,(H2,16,17,19). The third-order valence-corrected chi connectivity index (χ3v) is 3.31. The number of nitrogens with zero attached hydrogens (tertiary/aromatic N) is 1. The van der Waals surface area contributed by atoms with Crippen molar-refractivity contribution in [2.24, 2.45) is 0 Å². The van der Waals surface area contributed by atoms with Gasteiger partial charge in [-0.25, -0.2) is 4.79 Å². The lowest BCUT2D eigenvalue weighted by Gasteiger charge is -2.15. The molecular weight excluding hydrogens is 302 g/mol. The highest BCUT2D eigenvalue weighted by molar-refractivity contribution is 5.89. The molecule has 8 heteroatoms. The van der Waals surface area contributed by atoms with Crippen LogP contribution in [0.25, 0.3) is 0 Å². The van der Waals surface area contributed by atoms with Crippen molar-refractivity contribution in [3.8, 4) is 0 Å². The van der Waals surface area contributed by atoms with Crippen molar-refractivity contribution in [2.75, 3.05) is 12.4 Å². The van der Waals surface area contributed by atoms with E-state index < -0.39 is 22.0 Å². The van der Waals surface area contributed by atoms with Crippen molar-refractivity contribution < 1.29 is 14.5 Å². The number of benzene rings is 1. The number of nitrogens with one attached hydrogen (secondary N) is 2. The zero-order valence-electron chi connectivity index (χ0n) is 12.5. The first-order chi connectivity index (χ1) is 10.9. The molecular formula is C15H15N3O5. The Balaban J connectivity index is 2.24. The molecule has 0 aliphatic rings.